The third-order valence-electron chi connectivity index (χ3n) is 4.47. The maximum Gasteiger partial charge on any atom is 0.338 e. The van der Waals surface area contributed by atoms with Crippen LogP contribution < -0.4 is 16.9 Å². The zero-order valence-electron chi connectivity index (χ0n) is 15.7. The lowest BCUT2D eigenvalue weighted by Gasteiger charge is -2.11. The van der Waals surface area contributed by atoms with Crippen molar-refractivity contribution in [1.29, 1.82) is 0 Å². The summed E-state index contributed by atoms with van der Waals surface area (Å²) in [5.74, 6) is 5.89. The van der Waals surface area contributed by atoms with Gasteiger partial charge in [0.2, 0.25) is 0 Å². The molecule has 0 aliphatic rings. The maximum atomic E-state index is 12.0. The molecule has 7 nitrogen and oxygen atoms in total. The van der Waals surface area contributed by atoms with Crippen LogP contribution in [0.2, 0.25) is 0 Å². The van der Waals surface area contributed by atoms with E-state index in [1.54, 1.807) is 36.5 Å². The van der Waals surface area contributed by atoms with Crippen molar-refractivity contribution in [2.24, 2.45) is 16.7 Å². The van der Waals surface area contributed by atoms with E-state index in [0.29, 0.717) is 23.6 Å². The van der Waals surface area contributed by atoms with Crippen LogP contribution in [0.4, 0.5) is 11.5 Å². The smallest absolute Gasteiger partial charge is 0.338 e. The number of aromatic nitrogens is 1. The standard InChI is InChI=1S/C21H19N5O2S/c1-2-28-21(27)13-4-3-5-14(10-13)24-20-16-8-9-29-18(16)15-7-6-12(19(22)26-23)11-17(15)25-20/h3-11H,2,23H2,1H3,(H2,22,26)(H,24,25). The Morgan fingerprint density at radius 1 is 1.17 bits per heavy atom. The van der Waals surface area contributed by atoms with Crippen LogP contribution in [0.5, 0.6) is 0 Å². The SMILES string of the molecule is CCOC(=O)c1cccc(Nc2nc3cc(/C(N)=N/N)ccc3c3sccc23)c1. The molecule has 4 aromatic rings. The highest BCUT2D eigenvalue weighted by Crippen LogP contribution is 2.35. The average Bonchev–Trinajstić information content (AvgIpc) is 3.24. The molecule has 0 bridgehead atoms. The highest BCUT2D eigenvalue weighted by atomic mass is 32.1. The van der Waals surface area contributed by atoms with Crippen molar-refractivity contribution in [3.05, 3.63) is 65.0 Å². The second kappa shape index (κ2) is 7.76. The lowest BCUT2D eigenvalue weighted by molar-refractivity contribution is 0.0526. The highest BCUT2D eigenvalue weighted by Gasteiger charge is 2.13. The Hall–Kier alpha value is -3.65. The van der Waals surface area contributed by atoms with Crippen LogP contribution >= 0.6 is 11.3 Å². The quantitative estimate of drug-likeness (QED) is 0.152. The van der Waals surface area contributed by atoms with E-state index in [2.05, 4.69) is 10.4 Å². The van der Waals surface area contributed by atoms with Gasteiger partial charge < -0.3 is 21.6 Å². The monoisotopic (exact) mass is 405 g/mol. The van der Waals surface area contributed by atoms with Crippen LogP contribution in [0.25, 0.3) is 21.0 Å². The number of nitrogens with one attached hydrogen (secondary N) is 1. The van der Waals surface area contributed by atoms with Gasteiger partial charge >= 0.3 is 5.97 Å². The van der Waals surface area contributed by atoms with Crippen LogP contribution in [-0.4, -0.2) is 23.4 Å². The Morgan fingerprint density at radius 3 is 2.83 bits per heavy atom. The predicted octanol–water partition coefficient (Wildman–Crippen LogP) is 3.95. The van der Waals surface area contributed by atoms with Crippen molar-refractivity contribution in [3.8, 4) is 0 Å². The summed E-state index contributed by atoms with van der Waals surface area (Å²) in [4.78, 5) is 16.8. The number of carbonyl (C=O) groups excluding carboxylic acids is 1. The number of anilines is 2. The number of carbonyl (C=O) groups is 1. The molecule has 2 heterocycles. The minimum Gasteiger partial charge on any atom is -0.462 e. The Balaban J connectivity index is 1.79. The van der Waals surface area contributed by atoms with Gasteiger partial charge in [-0.2, -0.15) is 5.10 Å². The summed E-state index contributed by atoms with van der Waals surface area (Å²) < 4.78 is 6.19. The molecule has 0 unspecified atom stereocenters. The number of hydrazone groups is 1. The summed E-state index contributed by atoms with van der Waals surface area (Å²) in [5, 5.41) is 10.9. The van der Waals surface area contributed by atoms with Crippen molar-refractivity contribution < 1.29 is 9.53 Å². The van der Waals surface area contributed by atoms with E-state index in [-0.39, 0.29) is 11.8 Å². The average molecular weight is 405 g/mol. The van der Waals surface area contributed by atoms with Crippen molar-refractivity contribution >= 4 is 55.6 Å². The Kier molecular flexibility index (Phi) is 5.01. The number of amidine groups is 1. The second-order valence-corrected chi connectivity index (χ2v) is 7.21. The molecule has 5 N–H and O–H groups in total. The molecule has 4 rings (SSSR count). The molecule has 8 heteroatoms. The van der Waals surface area contributed by atoms with Crippen molar-refractivity contribution in [2.45, 2.75) is 6.92 Å². The minimum atomic E-state index is -0.357. The molecular formula is C21H19N5O2S. The molecule has 0 aliphatic heterocycles. The molecule has 0 saturated carbocycles. The highest BCUT2D eigenvalue weighted by molar-refractivity contribution is 7.18. The van der Waals surface area contributed by atoms with E-state index in [0.717, 1.165) is 26.7 Å². The van der Waals surface area contributed by atoms with Gasteiger partial charge in [-0.25, -0.2) is 9.78 Å². The van der Waals surface area contributed by atoms with Crippen LogP contribution in [0, 0.1) is 0 Å². The fourth-order valence-corrected chi connectivity index (χ4v) is 4.04. The largest absolute Gasteiger partial charge is 0.462 e. The number of nitrogens with zero attached hydrogens (tertiary/aromatic N) is 2. The molecule has 29 heavy (non-hydrogen) atoms. The summed E-state index contributed by atoms with van der Waals surface area (Å²) in [6, 6.07) is 14.9. The van der Waals surface area contributed by atoms with E-state index in [1.807, 2.05) is 35.7 Å². The van der Waals surface area contributed by atoms with Crippen molar-refractivity contribution in [3.63, 3.8) is 0 Å². The van der Waals surface area contributed by atoms with Gasteiger partial charge in [0, 0.05) is 26.7 Å². The summed E-state index contributed by atoms with van der Waals surface area (Å²) in [6.07, 6.45) is 0. The molecule has 0 amide bonds. The number of pyridine rings is 1. The van der Waals surface area contributed by atoms with Crippen molar-refractivity contribution in [2.75, 3.05) is 11.9 Å². The lowest BCUT2D eigenvalue weighted by atomic mass is 10.1. The first-order valence-corrected chi connectivity index (χ1v) is 9.87. The predicted molar refractivity (Wildman–Crippen MR) is 118 cm³/mol. The normalized spacial score (nSPS) is 11.7. The molecule has 0 atom stereocenters. The molecule has 0 radical (unpaired) electrons. The van der Waals surface area contributed by atoms with Gasteiger partial charge in [0.15, 0.2) is 0 Å². The summed E-state index contributed by atoms with van der Waals surface area (Å²) in [7, 11) is 0. The molecule has 2 aromatic carbocycles. The second-order valence-electron chi connectivity index (χ2n) is 6.30. The zero-order valence-corrected chi connectivity index (χ0v) is 16.5. The van der Waals surface area contributed by atoms with Crippen LogP contribution in [-0.2, 0) is 4.74 Å². The number of fused-ring (bicyclic) bond motifs is 3. The molecule has 0 saturated heterocycles. The van der Waals surface area contributed by atoms with Crippen LogP contribution in [0.3, 0.4) is 0 Å². The topological polar surface area (TPSA) is 116 Å². The van der Waals surface area contributed by atoms with Crippen LogP contribution in [0.1, 0.15) is 22.8 Å². The zero-order chi connectivity index (χ0) is 20.4. The first-order chi connectivity index (χ1) is 14.1. The van der Waals surface area contributed by atoms with E-state index >= 15 is 0 Å². The molecule has 0 spiro atoms. The number of benzene rings is 2. The number of rotatable bonds is 5. The van der Waals surface area contributed by atoms with Crippen LogP contribution in [0.15, 0.2) is 59.0 Å². The first kappa shape index (κ1) is 18.7. The molecular weight excluding hydrogens is 386 g/mol. The van der Waals surface area contributed by atoms with Gasteiger partial charge in [0.1, 0.15) is 11.7 Å². The maximum absolute atomic E-state index is 12.0. The number of ether oxygens (including phenoxy) is 1. The fraction of sp³-hybridized carbons (Fsp3) is 0.0952. The van der Waals surface area contributed by atoms with Crippen molar-refractivity contribution in [1.82, 2.24) is 4.98 Å². The Bertz CT molecular complexity index is 1250. The summed E-state index contributed by atoms with van der Waals surface area (Å²) in [6.45, 7) is 2.11. The third kappa shape index (κ3) is 3.57. The number of nitrogens with two attached hydrogens (primary N) is 2. The molecule has 0 aliphatic carbocycles. The Morgan fingerprint density at radius 2 is 2.03 bits per heavy atom. The van der Waals surface area contributed by atoms with Gasteiger partial charge in [-0.05, 0) is 42.6 Å². The first-order valence-electron chi connectivity index (χ1n) is 8.99. The fourth-order valence-electron chi connectivity index (χ4n) is 3.11. The van der Waals surface area contributed by atoms with Gasteiger partial charge in [-0.15, -0.1) is 11.3 Å². The van der Waals surface area contributed by atoms with Gasteiger partial charge in [0.25, 0.3) is 0 Å². The molecule has 0 fully saturated rings. The van der Waals surface area contributed by atoms with E-state index in [9.17, 15) is 4.79 Å². The number of hydrogen-bond donors (Lipinski definition) is 3. The summed E-state index contributed by atoms with van der Waals surface area (Å²) >= 11 is 1.64. The number of esters is 1. The molecule has 2 aromatic heterocycles. The molecule has 146 valence electrons. The van der Waals surface area contributed by atoms with Gasteiger partial charge in [0.05, 0.1) is 17.7 Å². The third-order valence-corrected chi connectivity index (χ3v) is 5.41. The Labute approximate surface area is 171 Å². The van der Waals surface area contributed by atoms with Gasteiger partial charge in [-0.3, -0.25) is 0 Å². The van der Waals surface area contributed by atoms with E-state index in [4.69, 9.17) is 21.3 Å². The lowest BCUT2D eigenvalue weighted by Crippen LogP contribution is -2.15. The van der Waals surface area contributed by atoms with Gasteiger partial charge in [-0.1, -0.05) is 18.2 Å². The minimum absolute atomic E-state index is 0.247. The van der Waals surface area contributed by atoms with E-state index < -0.39 is 0 Å². The van der Waals surface area contributed by atoms with E-state index in [1.165, 1.54) is 0 Å². The summed E-state index contributed by atoms with van der Waals surface area (Å²) in [5.41, 5.74) is 8.55. The number of thiophene rings is 1. The number of hydrogen-bond acceptors (Lipinski definition) is 7.